The van der Waals surface area contributed by atoms with Crippen LogP contribution in [0.5, 0.6) is 0 Å². The SMILES string of the molecule is Cc1cc2nccc(=O)n2nc1N1CCc2ncc(Nc3cnccn3)cc2C1. The number of hydrogen-bond donors (Lipinski definition) is 1. The van der Waals surface area contributed by atoms with Gasteiger partial charge in [-0.05, 0) is 30.2 Å². The van der Waals surface area contributed by atoms with Crippen molar-refractivity contribution in [1.29, 1.82) is 0 Å². The molecule has 0 aliphatic carbocycles. The summed E-state index contributed by atoms with van der Waals surface area (Å²) < 4.78 is 1.35. The van der Waals surface area contributed by atoms with E-state index in [2.05, 4.69) is 41.3 Å². The van der Waals surface area contributed by atoms with Gasteiger partial charge >= 0.3 is 0 Å². The first-order valence-corrected chi connectivity index (χ1v) is 9.29. The summed E-state index contributed by atoms with van der Waals surface area (Å²) in [6.07, 6.45) is 9.07. The van der Waals surface area contributed by atoms with Crippen molar-refractivity contribution in [3.05, 3.63) is 76.4 Å². The van der Waals surface area contributed by atoms with Crippen LogP contribution < -0.4 is 15.8 Å². The van der Waals surface area contributed by atoms with Crippen LogP contribution in [0.15, 0.2) is 54.0 Å². The van der Waals surface area contributed by atoms with E-state index in [0.29, 0.717) is 18.0 Å². The van der Waals surface area contributed by atoms with Gasteiger partial charge in [-0.15, -0.1) is 5.10 Å². The number of rotatable bonds is 3. The summed E-state index contributed by atoms with van der Waals surface area (Å²) in [6, 6.07) is 5.38. The van der Waals surface area contributed by atoms with Crippen molar-refractivity contribution in [3.63, 3.8) is 0 Å². The van der Waals surface area contributed by atoms with E-state index in [0.717, 1.165) is 41.3 Å². The lowest BCUT2D eigenvalue weighted by Gasteiger charge is -2.30. The smallest absolute Gasteiger partial charge is 0.274 e. The van der Waals surface area contributed by atoms with Crippen molar-refractivity contribution < 1.29 is 0 Å². The normalized spacial score (nSPS) is 13.3. The number of anilines is 3. The zero-order valence-electron chi connectivity index (χ0n) is 15.8. The van der Waals surface area contributed by atoms with E-state index in [-0.39, 0.29) is 5.56 Å². The topological polar surface area (TPSA) is 101 Å². The standard InChI is InChI=1S/C20H18N8O/c1-13-8-18-23-4-2-19(29)28(18)26-20(13)27-7-3-16-14(12-27)9-15(10-24-16)25-17-11-21-5-6-22-17/h2,4-6,8-11H,3,7,12H2,1H3,(H,22,25). The van der Waals surface area contributed by atoms with Crippen LogP contribution >= 0.6 is 0 Å². The van der Waals surface area contributed by atoms with Gasteiger partial charge in [0, 0.05) is 49.9 Å². The molecule has 0 atom stereocenters. The number of hydrogen-bond acceptors (Lipinski definition) is 8. The van der Waals surface area contributed by atoms with E-state index in [1.807, 2.05) is 19.2 Å². The first kappa shape index (κ1) is 17.2. The molecule has 29 heavy (non-hydrogen) atoms. The van der Waals surface area contributed by atoms with Crippen LogP contribution in [0.4, 0.5) is 17.3 Å². The molecular formula is C20H18N8O. The second-order valence-electron chi connectivity index (χ2n) is 6.92. The molecule has 9 nitrogen and oxygen atoms in total. The van der Waals surface area contributed by atoms with Gasteiger partial charge in [0.25, 0.3) is 5.56 Å². The van der Waals surface area contributed by atoms with Crippen LogP contribution in [0, 0.1) is 6.92 Å². The third-order valence-corrected chi connectivity index (χ3v) is 4.92. The minimum Gasteiger partial charge on any atom is -0.350 e. The van der Waals surface area contributed by atoms with E-state index in [1.165, 1.54) is 16.8 Å². The average Bonchev–Trinajstić information content (AvgIpc) is 2.74. The molecule has 0 bridgehead atoms. The molecule has 5 heterocycles. The molecule has 9 heteroatoms. The Balaban J connectivity index is 1.47. The summed E-state index contributed by atoms with van der Waals surface area (Å²) in [6.45, 7) is 3.43. The van der Waals surface area contributed by atoms with Crippen LogP contribution in [-0.2, 0) is 13.0 Å². The largest absolute Gasteiger partial charge is 0.350 e. The van der Waals surface area contributed by atoms with Gasteiger partial charge < -0.3 is 10.2 Å². The Kier molecular flexibility index (Phi) is 4.12. The van der Waals surface area contributed by atoms with Crippen molar-refractivity contribution in [2.45, 2.75) is 19.9 Å². The average molecular weight is 386 g/mol. The highest BCUT2D eigenvalue weighted by Gasteiger charge is 2.21. The van der Waals surface area contributed by atoms with Crippen molar-refractivity contribution in [1.82, 2.24) is 29.5 Å². The highest BCUT2D eigenvalue weighted by molar-refractivity contribution is 5.58. The molecule has 0 saturated carbocycles. The fourth-order valence-corrected chi connectivity index (χ4v) is 3.55. The maximum absolute atomic E-state index is 12.2. The number of nitrogens with one attached hydrogen (secondary N) is 1. The summed E-state index contributed by atoms with van der Waals surface area (Å²) in [5, 5.41) is 7.80. The fourth-order valence-electron chi connectivity index (χ4n) is 3.55. The monoisotopic (exact) mass is 386 g/mol. The lowest BCUT2D eigenvalue weighted by atomic mass is 10.0. The minimum absolute atomic E-state index is 0.189. The molecular weight excluding hydrogens is 368 g/mol. The Labute approximate surface area is 166 Å². The molecule has 0 unspecified atom stereocenters. The zero-order valence-corrected chi connectivity index (χ0v) is 15.8. The van der Waals surface area contributed by atoms with Crippen LogP contribution in [0.1, 0.15) is 16.8 Å². The van der Waals surface area contributed by atoms with E-state index in [9.17, 15) is 4.79 Å². The number of aryl methyl sites for hydroxylation is 1. The second kappa shape index (κ2) is 6.93. The number of fused-ring (bicyclic) bond motifs is 2. The fraction of sp³-hybridized carbons (Fsp3) is 0.200. The Morgan fingerprint density at radius 2 is 2.00 bits per heavy atom. The molecule has 0 aromatic carbocycles. The van der Waals surface area contributed by atoms with Gasteiger partial charge in [-0.25, -0.2) is 9.97 Å². The third-order valence-electron chi connectivity index (χ3n) is 4.92. The van der Waals surface area contributed by atoms with E-state index < -0.39 is 0 Å². The molecule has 0 spiro atoms. The van der Waals surface area contributed by atoms with E-state index in [4.69, 9.17) is 0 Å². The van der Waals surface area contributed by atoms with Crippen LogP contribution in [0.2, 0.25) is 0 Å². The number of nitrogens with zero attached hydrogens (tertiary/aromatic N) is 7. The summed E-state index contributed by atoms with van der Waals surface area (Å²) in [4.78, 5) is 31.5. The Morgan fingerprint density at radius 3 is 2.86 bits per heavy atom. The minimum atomic E-state index is -0.189. The molecule has 1 aliphatic rings. The lowest BCUT2D eigenvalue weighted by Crippen LogP contribution is -2.33. The molecule has 1 N–H and O–H groups in total. The maximum Gasteiger partial charge on any atom is 0.274 e. The Bertz CT molecular complexity index is 1250. The van der Waals surface area contributed by atoms with Gasteiger partial charge in [0.05, 0.1) is 18.1 Å². The molecule has 0 amide bonds. The highest BCUT2D eigenvalue weighted by Crippen LogP contribution is 2.26. The highest BCUT2D eigenvalue weighted by atomic mass is 16.1. The molecule has 1 aliphatic heterocycles. The second-order valence-corrected chi connectivity index (χ2v) is 6.92. The molecule has 0 saturated heterocycles. The molecule has 144 valence electrons. The molecule has 0 radical (unpaired) electrons. The number of aromatic nitrogens is 6. The summed E-state index contributed by atoms with van der Waals surface area (Å²) >= 11 is 0. The van der Waals surface area contributed by atoms with Gasteiger partial charge in [0.15, 0.2) is 11.5 Å². The van der Waals surface area contributed by atoms with Crippen molar-refractivity contribution in [3.8, 4) is 0 Å². The van der Waals surface area contributed by atoms with Crippen molar-refractivity contribution >= 4 is 23.0 Å². The van der Waals surface area contributed by atoms with Crippen LogP contribution in [-0.4, -0.2) is 36.1 Å². The predicted molar refractivity (Wildman–Crippen MR) is 108 cm³/mol. The summed E-state index contributed by atoms with van der Waals surface area (Å²) in [5.41, 5.74) is 4.38. The van der Waals surface area contributed by atoms with E-state index >= 15 is 0 Å². The summed E-state index contributed by atoms with van der Waals surface area (Å²) in [5.74, 6) is 1.45. The van der Waals surface area contributed by atoms with Gasteiger partial charge in [-0.2, -0.15) is 4.52 Å². The molecule has 0 fully saturated rings. The molecule has 4 aromatic rings. The lowest BCUT2D eigenvalue weighted by molar-refractivity contribution is 0.686. The van der Waals surface area contributed by atoms with Crippen molar-refractivity contribution in [2.24, 2.45) is 0 Å². The maximum atomic E-state index is 12.2. The quantitative estimate of drug-likeness (QED) is 0.570. The van der Waals surface area contributed by atoms with Gasteiger partial charge in [0.2, 0.25) is 0 Å². The summed E-state index contributed by atoms with van der Waals surface area (Å²) in [7, 11) is 0. The molecule has 5 rings (SSSR count). The van der Waals surface area contributed by atoms with Crippen LogP contribution in [0.25, 0.3) is 5.65 Å². The number of pyridine rings is 1. The third kappa shape index (κ3) is 3.27. The Morgan fingerprint density at radius 1 is 1.07 bits per heavy atom. The Hall–Kier alpha value is -3.88. The first-order valence-electron chi connectivity index (χ1n) is 9.29. The van der Waals surface area contributed by atoms with Gasteiger partial charge in [-0.1, -0.05) is 0 Å². The van der Waals surface area contributed by atoms with Crippen LogP contribution in [0.3, 0.4) is 0 Å². The first-order chi connectivity index (χ1) is 14.2. The predicted octanol–water partition coefficient (Wildman–Crippen LogP) is 1.89. The van der Waals surface area contributed by atoms with E-state index in [1.54, 1.807) is 18.6 Å². The van der Waals surface area contributed by atoms with Crippen molar-refractivity contribution in [2.75, 3.05) is 16.8 Å². The molecule has 4 aromatic heterocycles. The van der Waals surface area contributed by atoms with Gasteiger partial charge in [0.1, 0.15) is 5.82 Å². The van der Waals surface area contributed by atoms with Gasteiger partial charge in [-0.3, -0.25) is 14.8 Å². The zero-order chi connectivity index (χ0) is 19.8.